The molecule has 130 valence electrons. The van der Waals surface area contributed by atoms with Crippen molar-refractivity contribution in [2.24, 2.45) is 0 Å². The van der Waals surface area contributed by atoms with Gasteiger partial charge < -0.3 is 15.3 Å². The monoisotopic (exact) mass is 320 g/mol. The number of carboxylic acids is 1. The molecule has 0 unspecified atom stereocenters. The summed E-state index contributed by atoms with van der Waals surface area (Å²) in [5, 5.41) is 12.3. The molecular weight excluding hydrogens is 288 g/mol. The average Bonchev–Trinajstić information content (AvgIpc) is 2.56. The zero-order valence-electron chi connectivity index (χ0n) is 14.7. The Kier molecular flexibility index (Phi) is 10.3. The van der Waals surface area contributed by atoms with Crippen LogP contribution in [0, 0.1) is 0 Å². The van der Waals surface area contributed by atoms with Crippen LogP contribution < -0.4 is 5.32 Å². The van der Waals surface area contributed by atoms with Crippen LogP contribution in [0.4, 0.5) is 0 Å². The number of unbranched alkanes of at least 4 members (excludes halogenated alkanes) is 2. The van der Waals surface area contributed by atoms with Crippen LogP contribution in [0.25, 0.3) is 0 Å². The van der Waals surface area contributed by atoms with Crippen molar-refractivity contribution >= 4 is 5.97 Å². The SMILES string of the molecule is CCCCN(CCCC)CCCNCc1ccc(C(=O)O)cc1. The van der Waals surface area contributed by atoms with E-state index in [4.69, 9.17) is 5.11 Å². The molecule has 1 rings (SSSR count). The molecule has 0 atom stereocenters. The normalized spacial score (nSPS) is 11.1. The van der Waals surface area contributed by atoms with Gasteiger partial charge in [0.05, 0.1) is 5.56 Å². The van der Waals surface area contributed by atoms with Gasteiger partial charge in [0.1, 0.15) is 0 Å². The van der Waals surface area contributed by atoms with Crippen LogP contribution in [0.5, 0.6) is 0 Å². The molecule has 0 fully saturated rings. The number of hydrogen-bond donors (Lipinski definition) is 2. The van der Waals surface area contributed by atoms with E-state index in [0.29, 0.717) is 5.56 Å². The van der Waals surface area contributed by atoms with Crippen LogP contribution in [0.3, 0.4) is 0 Å². The molecular formula is C19H32N2O2. The summed E-state index contributed by atoms with van der Waals surface area (Å²) in [5.74, 6) is -0.872. The lowest BCUT2D eigenvalue weighted by Gasteiger charge is -2.21. The molecule has 0 aliphatic heterocycles. The summed E-state index contributed by atoms with van der Waals surface area (Å²) in [4.78, 5) is 13.4. The first-order valence-corrected chi connectivity index (χ1v) is 8.92. The molecule has 0 saturated carbocycles. The maximum atomic E-state index is 10.8. The molecule has 0 heterocycles. The molecule has 0 aliphatic carbocycles. The standard InChI is InChI=1S/C19H32N2O2/c1-3-5-13-21(14-6-4-2)15-7-12-20-16-17-8-10-18(11-9-17)19(22)23/h8-11,20H,3-7,12-16H2,1-2H3,(H,22,23). The summed E-state index contributed by atoms with van der Waals surface area (Å²) >= 11 is 0. The van der Waals surface area contributed by atoms with E-state index in [1.54, 1.807) is 12.1 Å². The van der Waals surface area contributed by atoms with E-state index in [1.807, 2.05) is 12.1 Å². The molecule has 0 spiro atoms. The first-order valence-electron chi connectivity index (χ1n) is 8.92. The molecule has 23 heavy (non-hydrogen) atoms. The Morgan fingerprint density at radius 3 is 2.09 bits per heavy atom. The van der Waals surface area contributed by atoms with Gasteiger partial charge in [0, 0.05) is 6.54 Å². The van der Waals surface area contributed by atoms with Gasteiger partial charge in [-0.3, -0.25) is 0 Å². The Morgan fingerprint density at radius 1 is 1.00 bits per heavy atom. The predicted molar refractivity (Wildman–Crippen MR) is 96.0 cm³/mol. The number of hydrogen-bond acceptors (Lipinski definition) is 3. The molecule has 2 N–H and O–H groups in total. The number of carboxylic acid groups (broad SMARTS) is 1. The van der Waals surface area contributed by atoms with Gasteiger partial charge in [-0.05, 0) is 63.1 Å². The smallest absolute Gasteiger partial charge is 0.335 e. The molecule has 0 amide bonds. The summed E-state index contributed by atoms with van der Waals surface area (Å²) in [5.41, 5.74) is 1.47. The van der Waals surface area contributed by atoms with Crippen LogP contribution >= 0.6 is 0 Å². The van der Waals surface area contributed by atoms with Gasteiger partial charge in [0.2, 0.25) is 0 Å². The first-order chi connectivity index (χ1) is 11.2. The number of benzene rings is 1. The number of carbonyl (C=O) groups is 1. The molecule has 0 aliphatic rings. The highest BCUT2D eigenvalue weighted by Gasteiger charge is 2.04. The van der Waals surface area contributed by atoms with E-state index in [1.165, 1.54) is 38.8 Å². The second kappa shape index (κ2) is 12.1. The van der Waals surface area contributed by atoms with Crippen molar-refractivity contribution in [2.75, 3.05) is 26.2 Å². The van der Waals surface area contributed by atoms with Crippen LogP contribution in [0.15, 0.2) is 24.3 Å². The summed E-state index contributed by atoms with van der Waals surface area (Å²) < 4.78 is 0. The topological polar surface area (TPSA) is 52.6 Å². The quantitative estimate of drug-likeness (QED) is 0.543. The minimum atomic E-state index is -0.872. The van der Waals surface area contributed by atoms with E-state index >= 15 is 0 Å². The van der Waals surface area contributed by atoms with Gasteiger partial charge in [-0.1, -0.05) is 38.8 Å². The number of rotatable bonds is 13. The zero-order valence-corrected chi connectivity index (χ0v) is 14.7. The van der Waals surface area contributed by atoms with Gasteiger partial charge in [0.15, 0.2) is 0 Å². The fraction of sp³-hybridized carbons (Fsp3) is 0.632. The average molecular weight is 320 g/mol. The van der Waals surface area contributed by atoms with E-state index in [2.05, 4.69) is 24.1 Å². The molecule has 1 aromatic carbocycles. The van der Waals surface area contributed by atoms with Gasteiger partial charge in [-0.25, -0.2) is 4.79 Å². The molecule has 0 bridgehead atoms. The van der Waals surface area contributed by atoms with Gasteiger partial charge in [-0.15, -0.1) is 0 Å². The van der Waals surface area contributed by atoms with Crippen LogP contribution in [0.2, 0.25) is 0 Å². The van der Waals surface area contributed by atoms with Gasteiger partial charge >= 0.3 is 5.97 Å². The van der Waals surface area contributed by atoms with Crippen LogP contribution in [-0.4, -0.2) is 42.2 Å². The molecule has 0 radical (unpaired) electrons. The summed E-state index contributed by atoms with van der Waals surface area (Å²) in [6, 6.07) is 7.09. The van der Waals surface area contributed by atoms with Crippen molar-refractivity contribution < 1.29 is 9.90 Å². The van der Waals surface area contributed by atoms with Crippen LogP contribution in [0.1, 0.15) is 61.9 Å². The lowest BCUT2D eigenvalue weighted by molar-refractivity contribution is 0.0697. The minimum absolute atomic E-state index is 0.344. The van der Waals surface area contributed by atoms with Crippen molar-refractivity contribution in [1.82, 2.24) is 10.2 Å². The largest absolute Gasteiger partial charge is 0.478 e. The van der Waals surface area contributed by atoms with E-state index in [-0.39, 0.29) is 0 Å². The number of nitrogens with zero attached hydrogens (tertiary/aromatic N) is 1. The summed E-state index contributed by atoms with van der Waals surface area (Å²) in [7, 11) is 0. The third-order valence-electron chi connectivity index (χ3n) is 4.01. The van der Waals surface area contributed by atoms with Crippen molar-refractivity contribution in [3.8, 4) is 0 Å². The molecule has 1 aromatic rings. The second-order valence-electron chi connectivity index (χ2n) is 6.08. The van der Waals surface area contributed by atoms with E-state index in [9.17, 15) is 4.79 Å². The predicted octanol–water partition coefficient (Wildman–Crippen LogP) is 3.77. The number of aromatic carboxylic acids is 1. The van der Waals surface area contributed by atoms with Crippen LogP contribution in [-0.2, 0) is 6.54 Å². The number of nitrogens with one attached hydrogen (secondary N) is 1. The van der Waals surface area contributed by atoms with Crippen molar-refractivity contribution in [1.29, 1.82) is 0 Å². The Bertz CT molecular complexity index is 424. The third kappa shape index (κ3) is 8.72. The fourth-order valence-electron chi connectivity index (χ4n) is 2.52. The summed E-state index contributed by atoms with van der Waals surface area (Å²) in [6.07, 6.45) is 6.24. The molecule has 4 nitrogen and oxygen atoms in total. The third-order valence-corrected chi connectivity index (χ3v) is 4.01. The fourth-order valence-corrected chi connectivity index (χ4v) is 2.52. The summed E-state index contributed by atoms with van der Waals surface area (Å²) in [6.45, 7) is 9.87. The van der Waals surface area contributed by atoms with Crippen molar-refractivity contribution in [2.45, 2.75) is 52.5 Å². The lowest BCUT2D eigenvalue weighted by Crippen LogP contribution is -2.29. The highest BCUT2D eigenvalue weighted by Crippen LogP contribution is 2.04. The first kappa shape index (κ1) is 19.7. The molecule has 0 saturated heterocycles. The van der Waals surface area contributed by atoms with Gasteiger partial charge in [-0.2, -0.15) is 0 Å². The van der Waals surface area contributed by atoms with E-state index in [0.717, 1.165) is 31.6 Å². The van der Waals surface area contributed by atoms with Gasteiger partial charge in [0.25, 0.3) is 0 Å². The molecule has 0 aromatic heterocycles. The van der Waals surface area contributed by atoms with E-state index < -0.39 is 5.97 Å². The lowest BCUT2D eigenvalue weighted by atomic mass is 10.1. The maximum absolute atomic E-state index is 10.8. The minimum Gasteiger partial charge on any atom is -0.478 e. The Balaban J connectivity index is 2.20. The Labute approximate surface area is 140 Å². The van der Waals surface area contributed by atoms with Crippen molar-refractivity contribution in [3.05, 3.63) is 35.4 Å². The Morgan fingerprint density at radius 2 is 1.57 bits per heavy atom. The zero-order chi connectivity index (χ0) is 16.9. The van der Waals surface area contributed by atoms with Crippen molar-refractivity contribution in [3.63, 3.8) is 0 Å². The Hall–Kier alpha value is -1.39. The molecule has 4 heteroatoms. The highest BCUT2D eigenvalue weighted by molar-refractivity contribution is 5.87. The maximum Gasteiger partial charge on any atom is 0.335 e. The second-order valence-corrected chi connectivity index (χ2v) is 6.08. The highest BCUT2D eigenvalue weighted by atomic mass is 16.4.